The fourth-order valence-corrected chi connectivity index (χ4v) is 3.74. The van der Waals surface area contributed by atoms with E-state index in [1.807, 2.05) is 64.1 Å². The Morgan fingerprint density at radius 2 is 1.77 bits per heavy atom. The van der Waals surface area contributed by atoms with Crippen molar-refractivity contribution in [3.8, 4) is 5.75 Å². The van der Waals surface area contributed by atoms with Crippen molar-refractivity contribution >= 4 is 29.0 Å². The number of ether oxygens (including phenoxy) is 1. The van der Waals surface area contributed by atoms with E-state index in [1.165, 1.54) is 4.90 Å². The summed E-state index contributed by atoms with van der Waals surface area (Å²) in [5, 5.41) is 8.55. The molecule has 0 aliphatic carbocycles. The molecule has 1 atom stereocenters. The van der Waals surface area contributed by atoms with Gasteiger partial charge in [0.15, 0.2) is 5.69 Å². The Hall–Kier alpha value is -3.26. The SMILES string of the molecule is COc1ccccc1[C@@H](C(=O)NC(C)(C)C)N(C(=O)c1csnn1)c1ccccc1C. The summed E-state index contributed by atoms with van der Waals surface area (Å²) in [5.74, 6) is -0.223. The van der Waals surface area contributed by atoms with E-state index < -0.39 is 17.5 Å². The van der Waals surface area contributed by atoms with Gasteiger partial charge in [-0.05, 0) is 56.9 Å². The molecule has 1 heterocycles. The van der Waals surface area contributed by atoms with Gasteiger partial charge >= 0.3 is 0 Å². The van der Waals surface area contributed by atoms with Crippen LogP contribution >= 0.6 is 11.5 Å². The lowest BCUT2D eigenvalue weighted by atomic mass is 9.98. The summed E-state index contributed by atoms with van der Waals surface area (Å²) in [6, 6.07) is 13.7. The number of rotatable bonds is 6. The van der Waals surface area contributed by atoms with E-state index in [4.69, 9.17) is 4.74 Å². The van der Waals surface area contributed by atoms with E-state index in [2.05, 4.69) is 14.9 Å². The Morgan fingerprint density at radius 1 is 1.10 bits per heavy atom. The molecule has 3 rings (SSSR count). The van der Waals surface area contributed by atoms with Crippen molar-refractivity contribution in [3.63, 3.8) is 0 Å². The largest absolute Gasteiger partial charge is 0.496 e. The predicted octanol–water partition coefficient (Wildman–Crippen LogP) is 4.16. The van der Waals surface area contributed by atoms with Crippen molar-refractivity contribution in [1.82, 2.24) is 14.9 Å². The number of methoxy groups -OCH3 is 1. The maximum Gasteiger partial charge on any atom is 0.280 e. The van der Waals surface area contributed by atoms with E-state index >= 15 is 0 Å². The van der Waals surface area contributed by atoms with Crippen LogP contribution < -0.4 is 15.0 Å². The van der Waals surface area contributed by atoms with Crippen LogP contribution in [0.15, 0.2) is 53.9 Å². The first-order valence-corrected chi connectivity index (χ1v) is 10.7. The lowest BCUT2D eigenvalue weighted by Crippen LogP contribution is -2.49. The van der Waals surface area contributed by atoms with Crippen LogP contribution in [0, 0.1) is 6.92 Å². The van der Waals surface area contributed by atoms with Crippen molar-refractivity contribution in [2.45, 2.75) is 39.3 Å². The molecule has 3 aromatic rings. The summed E-state index contributed by atoms with van der Waals surface area (Å²) in [6.45, 7) is 7.59. The van der Waals surface area contributed by atoms with Gasteiger partial charge in [-0.3, -0.25) is 14.5 Å². The van der Waals surface area contributed by atoms with Crippen molar-refractivity contribution in [3.05, 3.63) is 70.7 Å². The summed E-state index contributed by atoms with van der Waals surface area (Å²) in [5.41, 5.74) is 1.71. The quantitative estimate of drug-likeness (QED) is 0.625. The average Bonchev–Trinajstić information content (AvgIpc) is 3.26. The summed E-state index contributed by atoms with van der Waals surface area (Å²) in [6.07, 6.45) is 0. The van der Waals surface area contributed by atoms with Crippen LogP contribution in [0.4, 0.5) is 5.69 Å². The second kappa shape index (κ2) is 9.26. The maximum absolute atomic E-state index is 13.7. The molecule has 0 spiro atoms. The Kier molecular flexibility index (Phi) is 6.70. The number of amides is 2. The van der Waals surface area contributed by atoms with Crippen molar-refractivity contribution in [1.29, 1.82) is 0 Å². The minimum atomic E-state index is -0.981. The fourth-order valence-electron chi connectivity index (χ4n) is 3.31. The van der Waals surface area contributed by atoms with Gasteiger partial charge < -0.3 is 10.1 Å². The molecule has 2 aromatic carbocycles. The molecule has 0 saturated heterocycles. The third-order valence-electron chi connectivity index (χ3n) is 4.61. The molecule has 0 radical (unpaired) electrons. The molecule has 2 amide bonds. The highest BCUT2D eigenvalue weighted by molar-refractivity contribution is 7.03. The first-order valence-electron chi connectivity index (χ1n) is 9.84. The van der Waals surface area contributed by atoms with Gasteiger partial charge in [0, 0.05) is 22.2 Å². The van der Waals surface area contributed by atoms with Crippen LogP contribution in [-0.2, 0) is 4.79 Å². The lowest BCUT2D eigenvalue weighted by molar-refractivity contribution is -0.123. The van der Waals surface area contributed by atoms with E-state index in [0.29, 0.717) is 17.0 Å². The zero-order valence-corrected chi connectivity index (χ0v) is 19.1. The molecule has 31 heavy (non-hydrogen) atoms. The molecular formula is C23H26N4O3S. The van der Waals surface area contributed by atoms with E-state index in [-0.39, 0.29) is 11.6 Å². The van der Waals surface area contributed by atoms with Crippen LogP contribution in [0.5, 0.6) is 5.75 Å². The maximum atomic E-state index is 13.7. The highest BCUT2D eigenvalue weighted by Gasteiger charge is 2.37. The summed E-state index contributed by atoms with van der Waals surface area (Å²) >= 11 is 1.08. The lowest BCUT2D eigenvalue weighted by Gasteiger charge is -2.34. The van der Waals surface area contributed by atoms with Crippen LogP contribution in [-0.4, -0.2) is 34.1 Å². The molecule has 0 fully saturated rings. The first-order chi connectivity index (χ1) is 14.7. The zero-order valence-electron chi connectivity index (χ0n) is 18.2. The number of nitrogens with one attached hydrogen (secondary N) is 1. The highest BCUT2D eigenvalue weighted by atomic mass is 32.1. The van der Waals surface area contributed by atoms with Gasteiger partial charge in [0.2, 0.25) is 5.91 Å². The number of hydrogen-bond donors (Lipinski definition) is 1. The molecule has 0 aliphatic heterocycles. The summed E-state index contributed by atoms with van der Waals surface area (Å²) in [4.78, 5) is 28.8. The van der Waals surface area contributed by atoms with Gasteiger partial charge in [-0.15, -0.1) is 5.10 Å². The van der Waals surface area contributed by atoms with Gasteiger partial charge in [-0.25, -0.2) is 0 Å². The summed E-state index contributed by atoms with van der Waals surface area (Å²) < 4.78 is 9.38. The molecule has 1 aromatic heterocycles. The molecule has 0 bridgehead atoms. The Labute approximate surface area is 186 Å². The zero-order chi connectivity index (χ0) is 22.6. The van der Waals surface area contributed by atoms with Crippen molar-refractivity contribution in [2.75, 3.05) is 12.0 Å². The molecule has 162 valence electrons. The number of carbonyl (C=O) groups excluding carboxylic acids is 2. The van der Waals surface area contributed by atoms with Crippen LogP contribution in [0.2, 0.25) is 0 Å². The highest BCUT2D eigenvalue weighted by Crippen LogP contribution is 2.36. The van der Waals surface area contributed by atoms with Gasteiger partial charge in [0.25, 0.3) is 5.91 Å². The van der Waals surface area contributed by atoms with Crippen LogP contribution in [0.3, 0.4) is 0 Å². The smallest absolute Gasteiger partial charge is 0.280 e. The van der Waals surface area contributed by atoms with Gasteiger partial charge in [-0.1, -0.05) is 40.9 Å². The Balaban J connectivity index is 2.25. The molecule has 1 N–H and O–H groups in total. The third kappa shape index (κ3) is 5.08. The molecule has 0 aliphatic rings. The fraction of sp³-hybridized carbons (Fsp3) is 0.304. The van der Waals surface area contributed by atoms with Crippen LogP contribution in [0.25, 0.3) is 0 Å². The standard InChI is InChI=1S/C23H26N4O3S/c1-15-10-6-8-12-18(15)27(22(29)17-14-31-26-25-17)20(21(28)24-23(2,3)4)16-11-7-9-13-19(16)30-5/h6-14,20H,1-5H3,(H,24,28)/t20-/m0/s1. The van der Waals surface area contributed by atoms with E-state index in [1.54, 1.807) is 24.6 Å². The van der Waals surface area contributed by atoms with Gasteiger partial charge in [0.1, 0.15) is 11.8 Å². The third-order valence-corrected chi connectivity index (χ3v) is 5.12. The molecule has 8 heteroatoms. The number of anilines is 1. The minimum absolute atomic E-state index is 0.178. The number of hydrogen-bond acceptors (Lipinski definition) is 6. The van der Waals surface area contributed by atoms with Crippen molar-refractivity contribution in [2.24, 2.45) is 0 Å². The van der Waals surface area contributed by atoms with Crippen molar-refractivity contribution < 1.29 is 14.3 Å². The predicted molar refractivity (Wildman–Crippen MR) is 122 cm³/mol. The van der Waals surface area contributed by atoms with Crippen LogP contribution in [0.1, 0.15) is 48.4 Å². The van der Waals surface area contributed by atoms with E-state index in [0.717, 1.165) is 17.1 Å². The Bertz CT molecular complexity index is 1060. The van der Waals surface area contributed by atoms with Gasteiger partial charge in [-0.2, -0.15) is 0 Å². The second-order valence-electron chi connectivity index (χ2n) is 8.14. The normalized spacial score (nSPS) is 12.2. The number of nitrogens with zero attached hydrogens (tertiary/aromatic N) is 3. The molecular weight excluding hydrogens is 412 g/mol. The molecule has 0 saturated carbocycles. The number of aromatic nitrogens is 2. The minimum Gasteiger partial charge on any atom is -0.496 e. The molecule has 0 unspecified atom stereocenters. The second-order valence-corrected chi connectivity index (χ2v) is 8.75. The van der Waals surface area contributed by atoms with E-state index in [9.17, 15) is 9.59 Å². The number of para-hydroxylation sites is 2. The summed E-state index contributed by atoms with van der Waals surface area (Å²) in [7, 11) is 1.54. The monoisotopic (exact) mass is 438 g/mol. The topological polar surface area (TPSA) is 84.4 Å². The number of carbonyl (C=O) groups is 2. The first kappa shape index (κ1) is 22.4. The Morgan fingerprint density at radius 3 is 2.39 bits per heavy atom. The number of benzene rings is 2. The number of aryl methyl sites for hydroxylation is 1. The molecule has 7 nitrogen and oxygen atoms in total. The van der Waals surface area contributed by atoms with Gasteiger partial charge in [0.05, 0.1) is 7.11 Å². The average molecular weight is 439 g/mol.